The Morgan fingerprint density at radius 3 is 2.45 bits per heavy atom. The maximum atomic E-state index is 12.7. The molecule has 29 heavy (non-hydrogen) atoms. The van der Waals surface area contributed by atoms with Crippen molar-refractivity contribution in [1.29, 1.82) is 5.26 Å². The summed E-state index contributed by atoms with van der Waals surface area (Å²) in [7, 11) is 0. The van der Waals surface area contributed by atoms with Crippen molar-refractivity contribution in [3.63, 3.8) is 0 Å². The van der Waals surface area contributed by atoms with Crippen LogP contribution in [-0.4, -0.2) is 34.9 Å². The van der Waals surface area contributed by atoms with Crippen molar-refractivity contribution in [2.75, 3.05) is 6.54 Å². The van der Waals surface area contributed by atoms with Crippen molar-refractivity contribution in [3.8, 4) is 6.07 Å². The standard InChI is InChI=1S/C22H21N3O4/c1-22(12-11-16-5-3-2-4-6-16)20(27)25(21(28)24-22)14-19(26)29-15-18-9-7-17(13-23)8-10-18/h2-10H,11-12,14-15H2,1H3,(H,24,28)/t22-/m1/s1. The fourth-order valence-electron chi connectivity index (χ4n) is 3.11. The monoisotopic (exact) mass is 391 g/mol. The van der Waals surface area contributed by atoms with Gasteiger partial charge in [-0.2, -0.15) is 5.26 Å². The van der Waals surface area contributed by atoms with Crippen LogP contribution in [-0.2, 0) is 27.4 Å². The number of hydrogen-bond donors (Lipinski definition) is 1. The number of aryl methyl sites for hydroxylation is 1. The number of carbonyl (C=O) groups is 3. The van der Waals surface area contributed by atoms with Crippen LogP contribution in [0.2, 0.25) is 0 Å². The molecule has 0 radical (unpaired) electrons. The fourth-order valence-corrected chi connectivity index (χ4v) is 3.11. The van der Waals surface area contributed by atoms with E-state index in [-0.39, 0.29) is 6.61 Å². The summed E-state index contributed by atoms with van der Waals surface area (Å²) in [5, 5.41) is 11.5. The highest BCUT2D eigenvalue weighted by atomic mass is 16.5. The maximum Gasteiger partial charge on any atom is 0.326 e. The molecule has 3 rings (SSSR count). The average molecular weight is 391 g/mol. The Labute approximate surface area is 168 Å². The van der Waals surface area contributed by atoms with Gasteiger partial charge in [0.2, 0.25) is 0 Å². The largest absolute Gasteiger partial charge is 0.459 e. The van der Waals surface area contributed by atoms with Crippen LogP contribution in [0.25, 0.3) is 0 Å². The molecule has 0 aliphatic carbocycles. The Balaban J connectivity index is 1.54. The molecule has 1 aliphatic rings. The highest BCUT2D eigenvalue weighted by molar-refractivity contribution is 6.08. The first-order chi connectivity index (χ1) is 13.9. The number of urea groups is 1. The second-order valence-corrected chi connectivity index (χ2v) is 7.11. The summed E-state index contributed by atoms with van der Waals surface area (Å²) in [6, 6.07) is 17.7. The van der Waals surface area contributed by atoms with Crippen LogP contribution in [0.1, 0.15) is 30.0 Å². The summed E-state index contributed by atoms with van der Waals surface area (Å²) in [6.07, 6.45) is 1.05. The highest BCUT2D eigenvalue weighted by Crippen LogP contribution is 2.23. The van der Waals surface area contributed by atoms with Gasteiger partial charge in [0, 0.05) is 0 Å². The lowest BCUT2D eigenvalue weighted by molar-refractivity contribution is -0.148. The van der Waals surface area contributed by atoms with Gasteiger partial charge in [0.15, 0.2) is 0 Å². The van der Waals surface area contributed by atoms with Gasteiger partial charge in [-0.25, -0.2) is 4.79 Å². The van der Waals surface area contributed by atoms with Gasteiger partial charge in [0.25, 0.3) is 5.91 Å². The second-order valence-electron chi connectivity index (χ2n) is 7.11. The topological polar surface area (TPSA) is 99.5 Å². The van der Waals surface area contributed by atoms with Crippen molar-refractivity contribution >= 4 is 17.9 Å². The lowest BCUT2D eigenvalue weighted by atomic mass is 9.93. The van der Waals surface area contributed by atoms with E-state index < -0.39 is 30.0 Å². The number of nitrogens with zero attached hydrogens (tertiary/aromatic N) is 2. The van der Waals surface area contributed by atoms with Gasteiger partial charge in [-0.05, 0) is 43.0 Å². The number of carbonyl (C=O) groups excluding carboxylic acids is 3. The normalized spacial score (nSPS) is 18.3. The Morgan fingerprint density at radius 1 is 1.10 bits per heavy atom. The summed E-state index contributed by atoms with van der Waals surface area (Å²) < 4.78 is 5.16. The van der Waals surface area contributed by atoms with Gasteiger partial charge in [-0.1, -0.05) is 42.5 Å². The molecule has 0 bridgehead atoms. The van der Waals surface area contributed by atoms with Crippen LogP contribution in [0.4, 0.5) is 4.79 Å². The predicted molar refractivity (Wildman–Crippen MR) is 104 cm³/mol. The molecule has 0 saturated carbocycles. The molecule has 1 heterocycles. The number of nitriles is 1. The van der Waals surface area contributed by atoms with E-state index in [1.54, 1.807) is 31.2 Å². The summed E-state index contributed by atoms with van der Waals surface area (Å²) in [5.41, 5.74) is 1.23. The molecule has 1 saturated heterocycles. The van der Waals surface area contributed by atoms with Crippen molar-refractivity contribution < 1.29 is 19.1 Å². The molecular formula is C22H21N3O4. The third kappa shape index (κ3) is 4.79. The van der Waals surface area contributed by atoms with Gasteiger partial charge < -0.3 is 10.1 Å². The first-order valence-electron chi connectivity index (χ1n) is 9.24. The van der Waals surface area contributed by atoms with E-state index in [0.717, 1.165) is 10.5 Å². The average Bonchev–Trinajstić information content (AvgIpc) is 2.95. The van der Waals surface area contributed by atoms with Crippen LogP contribution in [0.15, 0.2) is 54.6 Å². The molecule has 1 atom stereocenters. The van der Waals surface area contributed by atoms with Crippen molar-refractivity contribution in [3.05, 3.63) is 71.3 Å². The van der Waals surface area contributed by atoms with Crippen LogP contribution < -0.4 is 5.32 Å². The Hall–Kier alpha value is -3.66. The Morgan fingerprint density at radius 2 is 1.79 bits per heavy atom. The molecule has 2 aromatic carbocycles. The zero-order chi connectivity index (χ0) is 20.9. The van der Waals surface area contributed by atoms with E-state index >= 15 is 0 Å². The van der Waals surface area contributed by atoms with Gasteiger partial charge in [-0.3, -0.25) is 14.5 Å². The molecule has 0 spiro atoms. The number of esters is 1. The number of ether oxygens (including phenoxy) is 1. The lowest BCUT2D eigenvalue weighted by Crippen LogP contribution is -2.44. The summed E-state index contributed by atoms with van der Waals surface area (Å²) in [5.74, 6) is -1.11. The summed E-state index contributed by atoms with van der Waals surface area (Å²) in [6.45, 7) is 1.22. The summed E-state index contributed by atoms with van der Waals surface area (Å²) >= 11 is 0. The molecule has 148 valence electrons. The zero-order valence-corrected chi connectivity index (χ0v) is 16.1. The smallest absolute Gasteiger partial charge is 0.326 e. The number of amides is 3. The molecule has 1 aliphatic heterocycles. The minimum atomic E-state index is -1.06. The van der Waals surface area contributed by atoms with Gasteiger partial charge in [0.05, 0.1) is 11.6 Å². The first-order valence-corrected chi connectivity index (χ1v) is 9.24. The van der Waals surface area contributed by atoms with Crippen molar-refractivity contribution in [2.24, 2.45) is 0 Å². The quantitative estimate of drug-likeness (QED) is 0.578. The minimum Gasteiger partial charge on any atom is -0.459 e. The first kappa shape index (κ1) is 20.1. The molecule has 2 aromatic rings. The molecule has 3 amide bonds. The second kappa shape index (κ2) is 8.57. The Bertz CT molecular complexity index is 950. The maximum absolute atomic E-state index is 12.7. The van der Waals surface area contributed by atoms with Gasteiger partial charge in [-0.15, -0.1) is 0 Å². The van der Waals surface area contributed by atoms with E-state index in [9.17, 15) is 14.4 Å². The van der Waals surface area contributed by atoms with E-state index in [2.05, 4.69) is 5.32 Å². The van der Waals surface area contributed by atoms with Crippen molar-refractivity contribution in [2.45, 2.75) is 31.9 Å². The van der Waals surface area contributed by atoms with Gasteiger partial charge >= 0.3 is 12.0 Å². The van der Waals surface area contributed by atoms with Crippen LogP contribution in [0.3, 0.4) is 0 Å². The number of nitrogens with one attached hydrogen (secondary N) is 1. The number of benzene rings is 2. The predicted octanol–water partition coefficient (Wildman–Crippen LogP) is 2.54. The van der Waals surface area contributed by atoms with Gasteiger partial charge in [0.1, 0.15) is 18.7 Å². The summed E-state index contributed by atoms with van der Waals surface area (Å²) in [4.78, 5) is 38.0. The van der Waals surface area contributed by atoms with E-state index in [0.29, 0.717) is 24.0 Å². The molecular weight excluding hydrogens is 370 g/mol. The van der Waals surface area contributed by atoms with E-state index in [4.69, 9.17) is 10.00 Å². The zero-order valence-electron chi connectivity index (χ0n) is 16.1. The van der Waals surface area contributed by atoms with E-state index in [1.807, 2.05) is 36.4 Å². The SMILES string of the molecule is C[C@]1(CCc2ccccc2)NC(=O)N(CC(=O)OCc2ccc(C#N)cc2)C1=O. The number of hydrogen-bond acceptors (Lipinski definition) is 5. The van der Waals surface area contributed by atoms with Crippen LogP contribution in [0, 0.1) is 11.3 Å². The van der Waals surface area contributed by atoms with Crippen LogP contribution in [0.5, 0.6) is 0 Å². The minimum absolute atomic E-state index is 0.000529. The molecule has 7 heteroatoms. The van der Waals surface area contributed by atoms with Crippen molar-refractivity contribution in [1.82, 2.24) is 10.2 Å². The third-order valence-electron chi connectivity index (χ3n) is 4.87. The number of rotatable bonds is 7. The Kier molecular flexibility index (Phi) is 5.93. The molecule has 0 unspecified atom stereocenters. The lowest BCUT2D eigenvalue weighted by Gasteiger charge is -2.21. The van der Waals surface area contributed by atoms with Crippen LogP contribution >= 0.6 is 0 Å². The molecule has 1 N–H and O–H groups in total. The van der Waals surface area contributed by atoms with E-state index in [1.165, 1.54) is 0 Å². The molecule has 1 fully saturated rings. The molecule has 0 aromatic heterocycles. The number of imide groups is 1. The highest BCUT2D eigenvalue weighted by Gasteiger charge is 2.48. The fraction of sp³-hybridized carbons (Fsp3) is 0.273. The molecule has 7 nitrogen and oxygen atoms in total. The third-order valence-corrected chi connectivity index (χ3v) is 4.87.